The number of phosphoric acid groups is 1. The van der Waals surface area contributed by atoms with Crippen LogP contribution in [0.15, 0.2) is 12.2 Å². The highest BCUT2D eigenvalue weighted by Crippen LogP contribution is 2.36. The summed E-state index contributed by atoms with van der Waals surface area (Å²) in [5.74, 6) is -0.884. The molecule has 2 N–H and O–H groups in total. The van der Waals surface area contributed by atoms with E-state index in [2.05, 4.69) is 30.5 Å². The van der Waals surface area contributed by atoms with Gasteiger partial charge in [0.25, 0.3) is 0 Å². The first-order valence-corrected chi connectivity index (χ1v) is 22.0. The monoisotopic (exact) mass is 717 g/mol. The van der Waals surface area contributed by atoms with Crippen molar-refractivity contribution >= 4 is 19.8 Å². The van der Waals surface area contributed by atoms with Crippen LogP contribution in [0, 0.1) is 0 Å². The number of ether oxygens (including phenoxy) is 2. The summed E-state index contributed by atoms with van der Waals surface area (Å²) in [6, 6.07) is 0. The van der Waals surface area contributed by atoms with E-state index in [4.69, 9.17) is 19.3 Å². The second-order valence-corrected chi connectivity index (χ2v) is 15.2. The van der Waals surface area contributed by atoms with Crippen LogP contribution in [-0.4, -0.2) is 41.0 Å². The van der Waals surface area contributed by atoms with Gasteiger partial charge in [-0.3, -0.25) is 14.1 Å². The van der Waals surface area contributed by atoms with Crippen molar-refractivity contribution in [1.29, 1.82) is 0 Å². The summed E-state index contributed by atoms with van der Waals surface area (Å²) in [7, 11) is -4.75. The molecule has 0 aliphatic carbocycles. The van der Waals surface area contributed by atoms with Crippen LogP contribution in [0.1, 0.15) is 213 Å². The van der Waals surface area contributed by atoms with Gasteiger partial charge in [-0.2, -0.15) is 0 Å². The van der Waals surface area contributed by atoms with E-state index in [9.17, 15) is 14.2 Å². The maximum absolute atomic E-state index is 12.4. The van der Waals surface area contributed by atoms with Gasteiger partial charge in [-0.05, 0) is 38.5 Å². The molecule has 0 amide bonds. The molecule has 0 radical (unpaired) electrons. The Hall–Kier alpha value is -1.21. The van der Waals surface area contributed by atoms with Gasteiger partial charge in [-0.15, -0.1) is 0 Å². The SMILES string of the molecule is CCCCCCCC/C=C/CCCCCCCC(=O)O[C@H](COC(=O)CCCCCCCCCCCCCCCCCC)COP(=O)(O)O. The number of hydrogen-bond acceptors (Lipinski definition) is 6. The predicted octanol–water partition coefficient (Wildman–Crippen LogP) is 12.2. The molecule has 0 rings (SSSR count). The Morgan fingerprint density at radius 2 is 0.857 bits per heavy atom. The number of rotatable bonds is 38. The molecule has 290 valence electrons. The van der Waals surface area contributed by atoms with Crippen molar-refractivity contribution in [2.45, 2.75) is 219 Å². The Kier molecular flexibility index (Phi) is 35.7. The first kappa shape index (κ1) is 47.8. The molecule has 0 fully saturated rings. The Labute approximate surface area is 301 Å². The first-order chi connectivity index (χ1) is 23.8. The van der Waals surface area contributed by atoms with Gasteiger partial charge in [0.2, 0.25) is 0 Å². The average molecular weight is 717 g/mol. The summed E-state index contributed by atoms with van der Waals surface area (Å²) >= 11 is 0. The van der Waals surface area contributed by atoms with Gasteiger partial charge >= 0.3 is 19.8 Å². The molecule has 0 bridgehead atoms. The summed E-state index contributed by atoms with van der Waals surface area (Å²) in [5, 5.41) is 0. The normalized spacial score (nSPS) is 12.5. The summed E-state index contributed by atoms with van der Waals surface area (Å²) in [6.07, 6.45) is 39.3. The third-order valence-electron chi connectivity index (χ3n) is 9.03. The van der Waals surface area contributed by atoms with Crippen molar-refractivity contribution < 1.29 is 37.9 Å². The van der Waals surface area contributed by atoms with E-state index in [0.717, 1.165) is 51.4 Å². The van der Waals surface area contributed by atoms with Gasteiger partial charge in [-0.1, -0.05) is 174 Å². The summed E-state index contributed by atoms with van der Waals surface area (Å²) in [4.78, 5) is 42.8. The fraction of sp³-hybridized carbons (Fsp3) is 0.900. The van der Waals surface area contributed by atoms with E-state index in [0.29, 0.717) is 6.42 Å². The minimum absolute atomic E-state index is 0.206. The van der Waals surface area contributed by atoms with Gasteiger partial charge in [0, 0.05) is 12.8 Å². The van der Waals surface area contributed by atoms with Crippen LogP contribution in [0.3, 0.4) is 0 Å². The van der Waals surface area contributed by atoms with Crippen molar-refractivity contribution in [3.63, 3.8) is 0 Å². The van der Waals surface area contributed by atoms with Crippen molar-refractivity contribution in [3.05, 3.63) is 12.2 Å². The van der Waals surface area contributed by atoms with E-state index in [-0.39, 0.29) is 19.4 Å². The maximum Gasteiger partial charge on any atom is 0.469 e. The number of carbonyl (C=O) groups is 2. The van der Waals surface area contributed by atoms with Crippen molar-refractivity contribution in [2.75, 3.05) is 13.2 Å². The summed E-state index contributed by atoms with van der Waals surface area (Å²) in [6.45, 7) is 3.69. The van der Waals surface area contributed by atoms with Gasteiger partial charge in [0.1, 0.15) is 6.61 Å². The van der Waals surface area contributed by atoms with Crippen LogP contribution in [0.4, 0.5) is 0 Å². The number of allylic oxidation sites excluding steroid dienone is 2. The molecule has 49 heavy (non-hydrogen) atoms. The molecule has 0 saturated carbocycles. The van der Waals surface area contributed by atoms with Crippen LogP contribution < -0.4 is 0 Å². The maximum atomic E-state index is 12.4. The van der Waals surface area contributed by atoms with Gasteiger partial charge < -0.3 is 19.3 Å². The molecular formula is C40H77O8P. The third-order valence-corrected chi connectivity index (χ3v) is 9.52. The average Bonchev–Trinajstić information content (AvgIpc) is 3.07. The van der Waals surface area contributed by atoms with Crippen LogP contribution in [0.2, 0.25) is 0 Å². The fourth-order valence-electron chi connectivity index (χ4n) is 5.96. The molecule has 0 aliphatic heterocycles. The van der Waals surface area contributed by atoms with Gasteiger partial charge in [-0.25, -0.2) is 4.57 Å². The highest BCUT2D eigenvalue weighted by atomic mass is 31.2. The number of unbranched alkanes of at least 4 members (excludes halogenated alkanes) is 26. The minimum atomic E-state index is -4.75. The zero-order valence-electron chi connectivity index (χ0n) is 31.9. The molecule has 1 atom stereocenters. The zero-order valence-corrected chi connectivity index (χ0v) is 32.8. The molecule has 0 spiro atoms. The Balaban J connectivity index is 3.91. The van der Waals surface area contributed by atoms with Crippen molar-refractivity contribution in [2.24, 2.45) is 0 Å². The minimum Gasteiger partial charge on any atom is -0.462 e. The van der Waals surface area contributed by atoms with E-state index >= 15 is 0 Å². The van der Waals surface area contributed by atoms with E-state index < -0.39 is 32.5 Å². The molecule has 8 nitrogen and oxygen atoms in total. The third kappa shape index (κ3) is 39.4. The first-order valence-electron chi connectivity index (χ1n) is 20.5. The lowest BCUT2D eigenvalue weighted by Gasteiger charge is -2.18. The van der Waals surface area contributed by atoms with Crippen LogP contribution in [-0.2, 0) is 28.2 Å². The molecule has 0 aromatic rings. The van der Waals surface area contributed by atoms with Gasteiger partial charge in [0.15, 0.2) is 6.10 Å². The van der Waals surface area contributed by atoms with Crippen LogP contribution in [0.25, 0.3) is 0 Å². The number of carbonyl (C=O) groups excluding carboxylic acids is 2. The molecule has 0 aromatic heterocycles. The second kappa shape index (κ2) is 36.6. The van der Waals surface area contributed by atoms with Crippen molar-refractivity contribution in [3.8, 4) is 0 Å². The lowest BCUT2D eigenvalue weighted by Crippen LogP contribution is -2.29. The molecule has 0 saturated heterocycles. The Morgan fingerprint density at radius 3 is 1.24 bits per heavy atom. The second-order valence-electron chi connectivity index (χ2n) is 14.0. The number of hydrogen-bond donors (Lipinski definition) is 2. The van der Waals surface area contributed by atoms with Crippen molar-refractivity contribution in [1.82, 2.24) is 0 Å². The lowest BCUT2D eigenvalue weighted by atomic mass is 10.0. The van der Waals surface area contributed by atoms with E-state index in [1.807, 2.05) is 0 Å². The van der Waals surface area contributed by atoms with E-state index in [1.165, 1.54) is 128 Å². The standard InChI is InChI=1S/C40H77O8P/c1-3-5-7-9-11-13-15-17-19-21-22-24-26-28-30-32-34-39(41)46-36-38(37-47-49(43,44)45)48-40(42)35-33-31-29-27-25-23-20-18-16-14-12-10-8-6-4-2/h18,20,38H,3-17,19,21-37H2,1-2H3,(H2,43,44,45)/b20-18+/t38-/m1/s1. The predicted molar refractivity (Wildman–Crippen MR) is 202 cm³/mol. The molecule has 0 aliphatic rings. The quantitative estimate of drug-likeness (QED) is 0.0280. The molecular weight excluding hydrogens is 639 g/mol. The van der Waals surface area contributed by atoms with E-state index in [1.54, 1.807) is 0 Å². The van der Waals surface area contributed by atoms with Crippen LogP contribution >= 0.6 is 7.82 Å². The largest absolute Gasteiger partial charge is 0.469 e. The highest BCUT2D eigenvalue weighted by Gasteiger charge is 2.22. The summed E-state index contributed by atoms with van der Waals surface area (Å²) in [5.41, 5.74) is 0. The Bertz CT molecular complexity index is 812. The molecule has 0 aromatic carbocycles. The molecule has 0 unspecified atom stereocenters. The van der Waals surface area contributed by atoms with Crippen LogP contribution in [0.5, 0.6) is 0 Å². The smallest absolute Gasteiger partial charge is 0.462 e. The number of esters is 2. The fourth-order valence-corrected chi connectivity index (χ4v) is 6.32. The summed E-state index contributed by atoms with van der Waals surface area (Å²) < 4.78 is 26.4. The zero-order chi connectivity index (χ0) is 36.1. The molecule has 0 heterocycles. The highest BCUT2D eigenvalue weighted by molar-refractivity contribution is 7.46. The topological polar surface area (TPSA) is 119 Å². The lowest BCUT2D eigenvalue weighted by molar-refractivity contribution is -0.161. The molecule has 9 heteroatoms. The number of phosphoric ester groups is 1. The Morgan fingerprint density at radius 1 is 0.510 bits per heavy atom. The van der Waals surface area contributed by atoms with Gasteiger partial charge in [0.05, 0.1) is 6.61 Å².